The lowest BCUT2D eigenvalue weighted by atomic mass is 9.96. The monoisotopic (exact) mass is 370 g/mol. The summed E-state index contributed by atoms with van der Waals surface area (Å²) in [5.41, 5.74) is 2.60. The third kappa shape index (κ3) is 6.08. The first-order valence-corrected chi connectivity index (χ1v) is 10.1. The average molecular weight is 370 g/mol. The van der Waals surface area contributed by atoms with Gasteiger partial charge in [-0.1, -0.05) is 11.6 Å². The zero-order chi connectivity index (χ0) is 18.9. The molecule has 1 aliphatic carbocycles. The molecule has 1 fully saturated rings. The summed E-state index contributed by atoms with van der Waals surface area (Å²) in [4.78, 5) is 30.3. The molecule has 146 valence electrons. The SMILES string of the molecule is O=C(NCCC1=CCCCC1)C(=O)NCC1CCN(c2ccncc2)CC1. The van der Waals surface area contributed by atoms with Crippen molar-refractivity contribution in [2.24, 2.45) is 5.92 Å². The van der Waals surface area contributed by atoms with Gasteiger partial charge in [-0.3, -0.25) is 14.6 Å². The first-order chi connectivity index (χ1) is 13.2. The Hall–Kier alpha value is -2.37. The lowest BCUT2D eigenvalue weighted by molar-refractivity contribution is -0.139. The number of hydrogen-bond acceptors (Lipinski definition) is 4. The highest BCUT2D eigenvalue weighted by Crippen LogP contribution is 2.22. The Kier molecular flexibility index (Phi) is 7.25. The number of allylic oxidation sites excluding steroid dienone is 1. The van der Waals surface area contributed by atoms with Crippen LogP contribution in [0.5, 0.6) is 0 Å². The molecular weight excluding hydrogens is 340 g/mol. The fourth-order valence-electron chi connectivity index (χ4n) is 3.82. The zero-order valence-corrected chi connectivity index (χ0v) is 16.0. The van der Waals surface area contributed by atoms with Crippen LogP contribution < -0.4 is 15.5 Å². The van der Waals surface area contributed by atoms with Crippen LogP contribution in [0, 0.1) is 5.92 Å². The van der Waals surface area contributed by atoms with E-state index in [0.29, 0.717) is 19.0 Å². The van der Waals surface area contributed by atoms with Crippen LogP contribution in [0.2, 0.25) is 0 Å². The van der Waals surface area contributed by atoms with E-state index >= 15 is 0 Å². The van der Waals surface area contributed by atoms with E-state index in [-0.39, 0.29) is 0 Å². The van der Waals surface area contributed by atoms with Crippen molar-refractivity contribution < 1.29 is 9.59 Å². The van der Waals surface area contributed by atoms with Gasteiger partial charge in [-0.15, -0.1) is 0 Å². The molecule has 1 aromatic rings. The standard InChI is InChI=1S/C21H30N4O2/c26-20(23-13-6-17-4-2-1-3-5-17)21(27)24-16-18-9-14-25(15-10-18)19-7-11-22-12-8-19/h4,7-8,11-12,18H,1-3,5-6,9-10,13-16H2,(H,23,26)(H,24,27). The van der Waals surface area contributed by atoms with Crippen molar-refractivity contribution >= 4 is 17.5 Å². The van der Waals surface area contributed by atoms with E-state index < -0.39 is 11.8 Å². The fourth-order valence-corrected chi connectivity index (χ4v) is 3.82. The van der Waals surface area contributed by atoms with Gasteiger partial charge in [0.1, 0.15) is 0 Å². The summed E-state index contributed by atoms with van der Waals surface area (Å²) < 4.78 is 0. The minimum Gasteiger partial charge on any atom is -0.371 e. The fraction of sp³-hybridized carbons (Fsp3) is 0.571. The number of anilines is 1. The third-order valence-electron chi connectivity index (χ3n) is 5.52. The molecule has 0 radical (unpaired) electrons. The van der Waals surface area contributed by atoms with E-state index in [4.69, 9.17) is 0 Å². The highest BCUT2D eigenvalue weighted by Gasteiger charge is 2.21. The summed E-state index contributed by atoms with van der Waals surface area (Å²) in [7, 11) is 0. The van der Waals surface area contributed by atoms with Crippen molar-refractivity contribution in [2.75, 3.05) is 31.1 Å². The van der Waals surface area contributed by atoms with Gasteiger partial charge in [-0.05, 0) is 63.0 Å². The lowest BCUT2D eigenvalue weighted by Gasteiger charge is -2.33. The topological polar surface area (TPSA) is 74.3 Å². The van der Waals surface area contributed by atoms with Crippen LogP contribution in [0.3, 0.4) is 0 Å². The summed E-state index contributed by atoms with van der Waals surface area (Å²) >= 11 is 0. The van der Waals surface area contributed by atoms with Crippen LogP contribution in [-0.4, -0.2) is 43.0 Å². The number of aromatic nitrogens is 1. The molecule has 2 aliphatic rings. The second-order valence-electron chi connectivity index (χ2n) is 7.46. The van der Waals surface area contributed by atoms with E-state index in [2.05, 4.69) is 26.6 Å². The molecule has 2 heterocycles. The Balaban J connectivity index is 1.31. The van der Waals surface area contributed by atoms with Gasteiger partial charge < -0.3 is 15.5 Å². The third-order valence-corrected chi connectivity index (χ3v) is 5.52. The van der Waals surface area contributed by atoms with E-state index in [1.165, 1.54) is 24.1 Å². The maximum absolute atomic E-state index is 12.0. The number of carbonyl (C=O) groups is 2. The molecule has 6 heteroatoms. The van der Waals surface area contributed by atoms with Gasteiger partial charge in [0.25, 0.3) is 0 Å². The Morgan fingerprint density at radius 3 is 2.52 bits per heavy atom. The molecule has 3 rings (SSSR count). The highest BCUT2D eigenvalue weighted by molar-refractivity contribution is 6.35. The molecular formula is C21H30N4O2. The van der Waals surface area contributed by atoms with E-state index in [0.717, 1.165) is 45.2 Å². The molecule has 0 atom stereocenters. The minimum absolute atomic E-state index is 0.423. The van der Waals surface area contributed by atoms with Crippen LogP contribution in [0.4, 0.5) is 5.69 Å². The van der Waals surface area contributed by atoms with Gasteiger partial charge >= 0.3 is 11.8 Å². The van der Waals surface area contributed by atoms with Crippen molar-refractivity contribution in [3.63, 3.8) is 0 Å². The first kappa shape index (κ1) is 19.4. The second kappa shape index (κ2) is 10.1. The molecule has 27 heavy (non-hydrogen) atoms. The van der Waals surface area contributed by atoms with E-state index in [1.807, 2.05) is 24.5 Å². The number of rotatable bonds is 6. The number of nitrogens with zero attached hydrogens (tertiary/aromatic N) is 2. The number of nitrogens with one attached hydrogen (secondary N) is 2. The average Bonchev–Trinajstić information content (AvgIpc) is 2.73. The Labute approximate surface area is 161 Å². The van der Waals surface area contributed by atoms with E-state index in [9.17, 15) is 9.59 Å². The van der Waals surface area contributed by atoms with Crippen LogP contribution in [-0.2, 0) is 9.59 Å². The number of carbonyl (C=O) groups excluding carboxylic acids is 2. The summed E-state index contributed by atoms with van der Waals surface area (Å²) in [5, 5.41) is 5.54. The quantitative estimate of drug-likeness (QED) is 0.596. The first-order valence-electron chi connectivity index (χ1n) is 10.1. The van der Waals surface area contributed by atoms with Gasteiger partial charge in [-0.25, -0.2) is 0 Å². The number of pyridine rings is 1. The molecule has 1 aliphatic heterocycles. The van der Waals surface area contributed by atoms with Crippen LogP contribution in [0.1, 0.15) is 44.9 Å². The predicted molar refractivity (Wildman–Crippen MR) is 106 cm³/mol. The minimum atomic E-state index is -0.513. The lowest BCUT2D eigenvalue weighted by Crippen LogP contribution is -2.44. The van der Waals surface area contributed by atoms with Gasteiger partial charge in [0.05, 0.1) is 0 Å². The Morgan fingerprint density at radius 1 is 1.07 bits per heavy atom. The number of hydrogen-bond donors (Lipinski definition) is 2. The van der Waals surface area contributed by atoms with Gasteiger partial charge in [0.15, 0.2) is 0 Å². The normalized spacial score (nSPS) is 17.9. The summed E-state index contributed by atoms with van der Waals surface area (Å²) in [6.45, 7) is 3.04. The smallest absolute Gasteiger partial charge is 0.309 e. The van der Waals surface area contributed by atoms with Crippen LogP contribution in [0.25, 0.3) is 0 Å². The Morgan fingerprint density at radius 2 is 1.81 bits per heavy atom. The molecule has 2 N–H and O–H groups in total. The van der Waals surface area contributed by atoms with Crippen molar-refractivity contribution in [2.45, 2.75) is 44.9 Å². The largest absolute Gasteiger partial charge is 0.371 e. The van der Waals surface area contributed by atoms with Crippen molar-refractivity contribution in [3.8, 4) is 0 Å². The second-order valence-corrected chi connectivity index (χ2v) is 7.46. The molecule has 6 nitrogen and oxygen atoms in total. The van der Waals surface area contributed by atoms with Crippen molar-refractivity contribution in [1.82, 2.24) is 15.6 Å². The number of piperidine rings is 1. The van der Waals surface area contributed by atoms with E-state index in [1.54, 1.807) is 0 Å². The summed E-state index contributed by atoms with van der Waals surface area (Å²) in [6.07, 6.45) is 13.5. The van der Waals surface area contributed by atoms with Gasteiger partial charge in [0, 0.05) is 44.3 Å². The molecule has 0 spiro atoms. The maximum Gasteiger partial charge on any atom is 0.309 e. The molecule has 0 bridgehead atoms. The zero-order valence-electron chi connectivity index (χ0n) is 16.0. The van der Waals surface area contributed by atoms with Crippen LogP contribution in [0.15, 0.2) is 36.2 Å². The van der Waals surface area contributed by atoms with Crippen LogP contribution >= 0.6 is 0 Å². The summed E-state index contributed by atoms with van der Waals surface area (Å²) in [5.74, 6) is -0.600. The molecule has 0 saturated carbocycles. The van der Waals surface area contributed by atoms with Gasteiger partial charge in [-0.2, -0.15) is 0 Å². The van der Waals surface area contributed by atoms with Gasteiger partial charge in [0.2, 0.25) is 0 Å². The van der Waals surface area contributed by atoms with Crippen molar-refractivity contribution in [3.05, 3.63) is 36.2 Å². The molecule has 0 aromatic carbocycles. The highest BCUT2D eigenvalue weighted by atomic mass is 16.2. The molecule has 2 amide bonds. The molecule has 1 saturated heterocycles. The maximum atomic E-state index is 12.0. The predicted octanol–water partition coefficient (Wildman–Crippen LogP) is 2.42. The molecule has 0 unspecified atom stereocenters. The Bertz CT molecular complexity index is 651. The molecule has 1 aromatic heterocycles. The van der Waals surface area contributed by atoms with Crippen molar-refractivity contribution in [1.29, 1.82) is 0 Å². The number of amides is 2. The summed E-state index contributed by atoms with van der Waals surface area (Å²) in [6, 6.07) is 4.05.